The van der Waals surface area contributed by atoms with Gasteiger partial charge in [-0.05, 0) is 61.7 Å². The third-order valence-electron chi connectivity index (χ3n) is 4.75. The Hall–Kier alpha value is -3.48. The van der Waals surface area contributed by atoms with Crippen LogP contribution in [0.3, 0.4) is 0 Å². The molecule has 0 aliphatic heterocycles. The molecule has 1 aromatic heterocycles. The van der Waals surface area contributed by atoms with E-state index < -0.39 is 0 Å². The van der Waals surface area contributed by atoms with Gasteiger partial charge in [0, 0.05) is 25.5 Å². The fourth-order valence-corrected chi connectivity index (χ4v) is 3.14. The molecule has 0 spiro atoms. The van der Waals surface area contributed by atoms with E-state index in [0.717, 1.165) is 35.7 Å². The van der Waals surface area contributed by atoms with Crippen LogP contribution in [0.2, 0.25) is 0 Å². The number of aliphatic imine (C=N–C) groups is 1. The first-order valence-corrected chi connectivity index (χ1v) is 10.1. The van der Waals surface area contributed by atoms with Gasteiger partial charge in [0.05, 0.1) is 18.8 Å². The van der Waals surface area contributed by atoms with Crippen molar-refractivity contribution < 1.29 is 9.84 Å². The van der Waals surface area contributed by atoms with Gasteiger partial charge in [0.2, 0.25) is 0 Å². The minimum Gasteiger partial charge on any atom is -0.504 e. The van der Waals surface area contributed by atoms with Crippen LogP contribution in [0.4, 0.5) is 0 Å². The Morgan fingerprint density at radius 1 is 1.23 bits per heavy atom. The molecule has 1 unspecified atom stereocenters. The van der Waals surface area contributed by atoms with Crippen LogP contribution in [0.5, 0.6) is 11.5 Å². The van der Waals surface area contributed by atoms with Crippen molar-refractivity contribution in [2.75, 3.05) is 20.2 Å². The predicted molar refractivity (Wildman–Crippen MR) is 119 cm³/mol. The maximum atomic E-state index is 9.73. The topological polar surface area (TPSA) is 83.7 Å². The molecule has 7 nitrogen and oxygen atoms in total. The summed E-state index contributed by atoms with van der Waals surface area (Å²) in [5.41, 5.74) is 3.23. The first-order chi connectivity index (χ1) is 14.6. The van der Waals surface area contributed by atoms with Gasteiger partial charge < -0.3 is 20.5 Å². The number of phenols is 1. The van der Waals surface area contributed by atoms with Crippen molar-refractivity contribution >= 4 is 5.96 Å². The number of nitrogens with zero attached hydrogens (tertiary/aromatic N) is 3. The van der Waals surface area contributed by atoms with Crippen molar-refractivity contribution in [1.82, 2.24) is 20.4 Å². The number of nitrogens with one attached hydrogen (secondary N) is 2. The Kier molecular flexibility index (Phi) is 7.32. The molecule has 30 heavy (non-hydrogen) atoms. The maximum absolute atomic E-state index is 9.73. The Balaban J connectivity index is 1.65. The lowest BCUT2D eigenvalue weighted by Crippen LogP contribution is -2.38. The first kappa shape index (κ1) is 21.2. The molecule has 0 aliphatic carbocycles. The molecule has 0 saturated carbocycles. The molecule has 0 bridgehead atoms. The average molecular weight is 408 g/mol. The molecule has 0 aliphatic rings. The van der Waals surface area contributed by atoms with Gasteiger partial charge in [-0.25, -0.2) is 4.68 Å². The van der Waals surface area contributed by atoms with Crippen LogP contribution in [0.1, 0.15) is 31.0 Å². The van der Waals surface area contributed by atoms with Gasteiger partial charge in [-0.1, -0.05) is 18.2 Å². The zero-order valence-corrected chi connectivity index (χ0v) is 17.7. The van der Waals surface area contributed by atoms with Gasteiger partial charge in [-0.3, -0.25) is 4.99 Å². The molecule has 3 rings (SSSR count). The number of benzene rings is 2. The van der Waals surface area contributed by atoms with Crippen molar-refractivity contribution in [3.8, 4) is 17.2 Å². The molecular formula is C23H29N5O2. The summed E-state index contributed by atoms with van der Waals surface area (Å²) in [4.78, 5) is 4.70. The standard InChI is InChI=1S/C23H29N5O2/c1-4-24-23(25-13-11-18-9-10-21(29)22(15-18)30-3)27-17(2)19-7-5-8-20(16-19)28-14-6-12-26-28/h5-10,12,14-17,29H,4,11,13H2,1-3H3,(H2,24,25,27). The van der Waals surface area contributed by atoms with Crippen molar-refractivity contribution in [3.63, 3.8) is 0 Å². The smallest absolute Gasteiger partial charge is 0.191 e. The molecule has 0 saturated heterocycles. The number of hydrogen-bond donors (Lipinski definition) is 3. The third-order valence-corrected chi connectivity index (χ3v) is 4.75. The summed E-state index contributed by atoms with van der Waals surface area (Å²) >= 11 is 0. The van der Waals surface area contributed by atoms with E-state index >= 15 is 0 Å². The predicted octanol–water partition coefficient (Wildman–Crippen LogP) is 3.45. The average Bonchev–Trinajstić information content (AvgIpc) is 3.30. The van der Waals surface area contributed by atoms with Gasteiger partial charge in [-0.15, -0.1) is 0 Å². The second-order valence-electron chi connectivity index (χ2n) is 6.93. The van der Waals surface area contributed by atoms with Gasteiger partial charge in [0.1, 0.15) is 0 Å². The molecule has 7 heteroatoms. The largest absolute Gasteiger partial charge is 0.504 e. The highest BCUT2D eigenvalue weighted by molar-refractivity contribution is 5.80. The van der Waals surface area contributed by atoms with Crippen LogP contribution >= 0.6 is 0 Å². The number of aromatic nitrogens is 2. The monoisotopic (exact) mass is 407 g/mol. The van der Waals surface area contributed by atoms with Gasteiger partial charge in [-0.2, -0.15) is 5.10 Å². The zero-order valence-electron chi connectivity index (χ0n) is 17.7. The summed E-state index contributed by atoms with van der Waals surface area (Å²) in [6.45, 7) is 5.55. The molecule has 158 valence electrons. The summed E-state index contributed by atoms with van der Waals surface area (Å²) < 4.78 is 7.02. The summed E-state index contributed by atoms with van der Waals surface area (Å²) in [6.07, 6.45) is 4.45. The van der Waals surface area contributed by atoms with E-state index in [0.29, 0.717) is 12.3 Å². The number of aromatic hydroxyl groups is 1. The molecular weight excluding hydrogens is 378 g/mol. The Morgan fingerprint density at radius 2 is 2.10 bits per heavy atom. The molecule has 0 amide bonds. The summed E-state index contributed by atoms with van der Waals surface area (Å²) in [6, 6.07) is 15.7. The molecule has 0 radical (unpaired) electrons. The molecule has 1 atom stereocenters. The van der Waals surface area contributed by atoms with E-state index in [-0.39, 0.29) is 11.8 Å². The lowest BCUT2D eigenvalue weighted by atomic mass is 10.1. The second-order valence-corrected chi connectivity index (χ2v) is 6.93. The summed E-state index contributed by atoms with van der Waals surface area (Å²) in [5, 5.41) is 20.8. The van der Waals surface area contributed by atoms with E-state index in [2.05, 4.69) is 34.8 Å². The van der Waals surface area contributed by atoms with Crippen LogP contribution in [0, 0.1) is 0 Å². The SMILES string of the molecule is CCNC(=NCCc1ccc(O)c(OC)c1)NC(C)c1cccc(-n2cccn2)c1. The van der Waals surface area contributed by atoms with Crippen LogP contribution in [0.25, 0.3) is 5.69 Å². The quantitative estimate of drug-likeness (QED) is 0.394. The maximum Gasteiger partial charge on any atom is 0.191 e. The molecule has 3 N–H and O–H groups in total. The summed E-state index contributed by atoms with van der Waals surface area (Å²) in [7, 11) is 1.55. The number of methoxy groups -OCH3 is 1. The van der Waals surface area contributed by atoms with Crippen LogP contribution in [-0.4, -0.2) is 41.0 Å². The Bertz CT molecular complexity index is 969. The van der Waals surface area contributed by atoms with Gasteiger partial charge in [0.25, 0.3) is 0 Å². The highest BCUT2D eigenvalue weighted by Crippen LogP contribution is 2.26. The zero-order chi connectivity index (χ0) is 21.3. The molecule has 1 heterocycles. The fraction of sp³-hybridized carbons (Fsp3) is 0.304. The lowest BCUT2D eigenvalue weighted by Gasteiger charge is -2.19. The van der Waals surface area contributed by atoms with Crippen molar-refractivity contribution in [2.45, 2.75) is 26.3 Å². The minimum atomic E-state index is 0.0760. The third kappa shape index (κ3) is 5.53. The number of phenolic OH excluding ortho intramolecular Hbond substituents is 1. The van der Waals surface area contributed by atoms with Crippen molar-refractivity contribution in [1.29, 1.82) is 0 Å². The van der Waals surface area contributed by atoms with Crippen LogP contribution in [0.15, 0.2) is 65.9 Å². The molecule has 0 fully saturated rings. The van der Waals surface area contributed by atoms with Crippen LogP contribution < -0.4 is 15.4 Å². The number of ether oxygens (including phenoxy) is 1. The molecule has 3 aromatic rings. The Morgan fingerprint density at radius 3 is 2.83 bits per heavy atom. The van der Waals surface area contributed by atoms with E-state index in [1.165, 1.54) is 0 Å². The Labute approximate surface area is 177 Å². The normalized spacial score (nSPS) is 12.4. The van der Waals surface area contributed by atoms with E-state index in [1.54, 1.807) is 19.4 Å². The lowest BCUT2D eigenvalue weighted by molar-refractivity contribution is 0.373. The number of hydrogen-bond acceptors (Lipinski definition) is 4. The van der Waals surface area contributed by atoms with Crippen LogP contribution in [-0.2, 0) is 6.42 Å². The highest BCUT2D eigenvalue weighted by Gasteiger charge is 2.09. The number of guanidine groups is 1. The number of rotatable bonds is 8. The highest BCUT2D eigenvalue weighted by atomic mass is 16.5. The van der Waals surface area contributed by atoms with E-state index in [4.69, 9.17) is 9.73 Å². The van der Waals surface area contributed by atoms with Crippen molar-refractivity contribution in [2.24, 2.45) is 4.99 Å². The van der Waals surface area contributed by atoms with E-state index in [1.807, 2.05) is 48.1 Å². The fourth-order valence-electron chi connectivity index (χ4n) is 3.14. The second kappa shape index (κ2) is 10.3. The molecule has 2 aromatic carbocycles. The first-order valence-electron chi connectivity index (χ1n) is 10.1. The van der Waals surface area contributed by atoms with E-state index in [9.17, 15) is 5.11 Å². The van der Waals surface area contributed by atoms with Crippen molar-refractivity contribution in [3.05, 3.63) is 72.1 Å². The van der Waals surface area contributed by atoms with Gasteiger partial charge >= 0.3 is 0 Å². The summed E-state index contributed by atoms with van der Waals surface area (Å²) in [5.74, 6) is 1.39. The minimum absolute atomic E-state index is 0.0760. The van der Waals surface area contributed by atoms with Gasteiger partial charge in [0.15, 0.2) is 17.5 Å².